The highest BCUT2D eigenvalue weighted by Crippen LogP contribution is 2.27. The fraction of sp³-hybridized carbons (Fsp3) is 0.875. The van der Waals surface area contributed by atoms with Crippen molar-refractivity contribution >= 4 is 42.7 Å². The van der Waals surface area contributed by atoms with Crippen LogP contribution in [-0.2, 0) is 14.3 Å². The molecule has 0 aromatic carbocycles. The van der Waals surface area contributed by atoms with Crippen LogP contribution in [0.5, 0.6) is 0 Å². The highest BCUT2D eigenvalue weighted by molar-refractivity contribution is 5.86. The van der Waals surface area contributed by atoms with Gasteiger partial charge in [0.05, 0.1) is 18.6 Å². The maximum absolute atomic E-state index is 13.6. The number of ether oxygens (including phenoxy) is 1. The van der Waals surface area contributed by atoms with Crippen LogP contribution in [0, 0.1) is 5.41 Å². The molecule has 0 bridgehead atoms. The lowest BCUT2D eigenvalue weighted by molar-refractivity contribution is -0.149. The number of nitrogens with zero attached hydrogens (tertiary/aromatic N) is 3. The van der Waals surface area contributed by atoms with E-state index in [0.717, 1.165) is 77.3 Å². The average molecular weight is 539 g/mol. The van der Waals surface area contributed by atoms with E-state index in [1.165, 1.54) is 6.42 Å². The van der Waals surface area contributed by atoms with Crippen molar-refractivity contribution < 1.29 is 19.4 Å². The van der Waals surface area contributed by atoms with E-state index in [9.17, 15) is 14.7 Å². The molecule has 2 heterocycles. The number of hydrogen-bond acceptors (Lipinski definition) is 5. The molecular formula is C24H45Cl2N5O4. The molecule has 1 amide bonds. The van der Waals surface area contributed by atoms with Crippen LogP contribution in [0.15, 0.2) is 0 Å². The quantitative estimate of drug-likeness (QED) is 0.305. The minimum absolute atomic E-state index is 0. The number of amides is 1. The maximum atomic E-state index is 13.6. The second-order valence-electron chi connectivity index (χ2n) is 9.98. The van der Waals surface area contributed by atoms with Crippen molar-refractivity contribution in [3.63, 3.8) is 0 Å². The molecule has 2 aliphatic heterocycles. The van der Waals surface area contributed by atoms with Crippen LogP contribution in [-0.4, -0.2) is 95.2 Å². The number of rotatable bonds is 9. The number of carbonyl (C=O) groups excluding carboxylic acids is 1. The van der Waals surface area contributed by atoms with Gasteiger partial charge in [-0.25, -0.2) is 0 Å². The van der Waals surface area contributed by atoms with Gasteiger partial charge in [-0.2, -0.15) is 0 Å². The van der Waals surface area contributed by atoms with E-state index in [1.54, 1.807) is 0 Å². The normalized spacial score (nSPS) is 22.7. The first kappa shape index (κ1) is 31.7. The standard InChI is InChI=1S/C24H43N5O4.2ClH/c1-27(18-7-3-2-4-8-18)21(17-22(30)31)23(32)29-13-6-5-9-19(29)12-16-33-20-10-14-28(15-11-20)24(25)26;;/h18-21H,2-17H2,1H3,(H3,25,26)(H,30,31);2*1H/t19-,21-;;/m0../s1. The number of hydrogen-bond donors (Lipinski definition) is 3. The van der Waals surface area contributed by atoms with Gasteiger partial charge >= 0.3 is 5.97 Å². The van der Waals surface area contributed by atoms with E-state index in [4.69, 9.17) is 15.9 Å². The lowest BCUT2D eigenvalue weighted by atomic mass is 9.92. The van der Waals surface area contributed by atoms with Crippen molar-refractivity contribution in [3.05, 3.63) is 0 Å². The number of nitrogens with one attached hydrogen (secondary N) is 1. The number of carbonyl (C=O) groups is 2. The third-order valence-electron chi connectivity index (χ3n) is 7.79. The Hall–Kier alpha value is -1.29. The molecule has 4 N–H and O–H groups in total. The SMILES string of the molecule is CN(C1CCCCC1)[C@@H](CC(=O)O)C(=O)N1CCCC[C@H]1CCOC1CCN(C(=N)N)CC1.Cl.Cl. The summed E-state index contributed by atoms with van der Waals surface area (Å²) in [6.07, 6.45) is 11.2. The number of nitrogens with two attached hydrogens (primary N) is 1. The number of guanidine groups is 1. The fourth-order valence-corrected chi connectivity index (χ4v) is 5.73. The molecule has 2 saturated heterocycles. The van der Waals surface area contributed by atoms with Crippen molar-refractivity contribution in [3.8, 4) is 0 Å². The number of piperidine rings is 2. The number of carboxylic acid groups (broad SMARTS) is 1. The van der Waals surface area contributed by atoms with Gasteiger partial charge < -0.3 is 25.4 Å². The number of carboxylic acids is 1. The van der Waals surface area contributed by atoms with Crippen molar-refractivity contribution in [2.45, 2.75) is 101 Å². The minimum Gasteiger partial charge on any atom is -0.481 e. The van der Waals surface area contributed by atoms with Gasteiger partial charge in [0.25, 0.3) is 0 Å². The Bertz CT molecular complexity index is 672. The molecule has 0 radical (unpaired) electrons. The zero-order valence-corrected chi connectivity index (χ0v) is 22.7. The first-order chi connectivity index (χ1) is 15.9. The van der Waals surface area contributed by atoms with E-state index in [0.29, 0.717) is 19.2 Å². The molecule has 3 rings (SSSR count). The molecule has 0 unspecified atom stereocenters. The van der Waals surface area contributed by atoms with Gasteiger partial charge in [0.1, 0.15) is 0 Å². The van der Waals surface area contributed by atoms with Crippen LogP contribution >= 0.6 is 24.8 Å². The zero-order valence-electron chi connectivity index (χ0n) is 21.0. The molecule has 35 heavy (non-hydrogen) atoms. The summed E-state index contributed by atoms with van der Waals surface area (Å²) >= 11 is 0. The summed E-state index contributed by atoms with van der Waals surface area (Å²) in [5.74, 6) is -0.811. The topological polar surface area (TPSA) is 123 Å². The molecule has 9 nitrogen and oxygen atoms in total. The average Bonchev–Trinajstić information content (AvgIpc) is 2.83. The summed E-state index contributed by atoms with van der Waals surface area (Å²) in [6.45, 7) is 2.80. The zero-order chi connectivity index (χ0) is 23.8. The van der Waals surface area contributed by atoms with Gasteiger partial charge in [-0.05, 0) is 58.4 Å². The first-order valence-corrected chi connectivity index (χ1v) is 12.8. The summed E-state index contributed by atoms with van der Waals surface area (Å²) in [5.41, 5.74) is 5.57. The van der Waals surface area contributed by atoms with Crippen molar-refractivity contribution in [1.82, 2.24) is 14.7 Å². The largest absolute Gasteiger partial charge is 0.481 e. The van der Waals surface area contributed by atoms with Gasteiger partial charge in [-0.15, -0.1) is 24.8 Å². The summed E-state index contributed by atoms with van der Waals surface area (Å²) in [4.78, 5) is 31.2. The van der Waals surface area contributed by atoms with Gasteiger partial charge in [-0.3, -0.25) is 19.9 Å². The minimum atomic E-state index is -0.912. The predicted octanol–water partition coefficient (Wildman–Crippen LogP) is 3.08. The number of likely N-dealkylation sites (tertiary alicyclic amines) is 2. The van der Waals surface area contributed by atoms with Crippen LogP contribution in [0.1, 0.15) is 77.0 Å². The Kier molecular flexibility index (Phi) is 14.3. The third kappa shape index (κ3) is 9.26. The van der Waals surface area contributed by atoms with Gasteiger partial charge in [0.15, 0.2) is 5.96 Å². The van der Waals surface area contributed by atoms with E-state index in [1.807, 2.05) is 16.8 Å². The first-order valence-electron chi connectivity index (χ1n) is 12.8. The van der Waals surface area contributed by atoms with Crippen molar-refractivity contribution in [1.29, 1.82) is 5.41 Å². The molecule has 3 aliphatic rings. The number of aliphatic carboxylic acids is 1. The molecule has 11 heteroatoms. The predicted molar refractivity (Wildman–Crippen MR) is 142 cm³/mol. The molecule has 0 spiro atoms. The summed E-state index contributed by atoms with van der Waals surface area (Å²) in [6, 6.07) is -0.192. The summed E-state index contributed by atoms with van der Waals surface area (Å²) in [5, 5.41) is 17.1. The summed E-state index contributed by atoms with van der Waals surface area (Å²) < 4.78 is 6.13. The van der Waals surface area contributed by atoms with Crippen molar-refractivity contribution in [2.24, 2.45) is 5.73 Å². The second-order valence-corrected chi connectivity index (χ2v) is 9.98. The molecule has 1 saturated carbocycles. The number of likely N-dealkylation sites (N-methyl/N-ethyl adjacent to an activating group) is 1. The Labute approximate surface area is 222 Å². The molecular weight excluding hydrogens is 493 g/mol. The highest BCUT2D eigenvalue weighted by atomic mass is 35.5. The van der Waals surface area contributed by atoms with Gasteiger partial charge in [0.2, 0.25) is 5.91 Å². The molecule has 1 aliphatic carbocycles. The lowest BCUT2D eigenvalue weighted by Crippen LogP contribution is -2.55. The Morgan fingerprint density at radius 1 is 1.03 bits per heavy atom. The Morgan fingerprint density at radius 2 is 1.66 bits per heavy atom. The Balaban J connectivity index is 0.00000306. The molecule has 2 atom stereocenters. The number of halogens is 2. The molecule has 0 aromatic heterocycles. The monoisotopic (exact) mass is 537 g/mol. The smallest absolute Gasteiger partial charge is 0.305 e. The molecule has 3 fully saturated rings. The third-order valence-corrected chi connectivity index (χ3v) is 7.79. The summed E-state index contributed by atoms with van der Waals surface area (Å²) in [7, 11) is 1.94. The van der Waals surface area contributed by atoms with Crippen molar-refractivity contribution in [2.75, 3.05) is 33.3 Å². The molecule has 204 valence electrons. The maximum Gasteiger partial charge on any atom is 0.305 e. The van der Waals surface area contributed by atoms with Crippen LogP contribution in [0.4, 0.5) is 0 Å². The van der Waals surface area contributed by atoms with E-state index in [2.05, 4.69) is 4.90 Å². The van der Waals surface area contributed by atoms with Crippen LogP contribution in [0.2, 0.25) is 0 Å². The van der Waals surface area contributed by atoms with Crippen LogP contribution in [0.3, 0.4) is 0 Å². The van der Waals surface area contributed by atoms with Crippen LogP contribution < -0.4 is 5.73 Å². The fourth-order valence-electron chi connectivity index (χ4n) is 5.73. The van der Waals surface area contributed by atoms with E-state index < -0.39 is 12.0 Å². The van der Waals surface area contributed by atoms with Crippen LogP contribution in [0.25, 0.3) is 0 Å². The van der Waals surface area contributed by atoms with E-state index >= 15 is 0 Å². The van der Waals surface area contributed by atoms with Gasteiger partial charge in [-0.1, -0.05) is 19.3 Å². The van der Waals surface area contributed by atoms with E-state index in [-0.39, 0.29) is 55.2 Å². The van der Waals surface area contributed by atoms with Gasteiger partial charge in [0, 0.05) is 38.3 Å². The Morgan fingerprint density at radius 3 is 2.26 bits per heavy atom. The molecule has 0 aromatic rings. The lowest BCUT2D eigenvalue weighted by Gasteiger charge is -2.42. The second kappa shape index (κ2) is 15.7. The highest BCUT2D eigenvalue weighted by Gasteiger charge is 2.37.